The Bertz CT molecular complexity index is 1500. The number of aliphatic carboxylic acids is 1. The number of unbranched alkanes of at least 4 members (excludes halogenated alkanes) is 2. The second-order valence-electron chi connectivity index (χ2n) is 10.1. The summed E-state index contributed by atoms with van der Waals surface area (Å²) in [7, 11) is 2.06. The predicted octanol–water partition coefficient (Wildman–Crippen LogP) is 3.85. The number of H-pyrrole nitrogens is 1. The molecular weight excluding hydrogens is 524 g/mol. The van der Waals surface area contributed by atoms with E-state index in [0.29, 0.717) is 30.9 Å². The van der Waals surface area contributed by atoms with Gasteiger partial charge in [-0.2, -0.15) is 9.97 Å². The largest absolute Gasteiger partial charge is 0.494 e. The van der Waals surface area contributed by atoms with Crippen molar-refractivity contribution in [2.75, 3.05) is 32.5 Å². The molecule has 0 aliphatic heterocycles. The van der Waals surface area contributed by atoms with E-state index < -0.39 is 5.97 Å². The molecule has 4 aromatic rings. The van der Waals surface area contributed by atoms with Gasteiger partial charge < -0.3 is 30.2 Å². The van der Waals surface area contributed by atoms with Crippen molar-refractivity contribution in [1.29, 1.82) is 0 Å². The van der Waals surface area contributed by atoms with Gasteiger partial charge in [0.1, 0.15) is 11.3 Å². The van der Waals surface area contributed by atoms with Gasteiger partial charge in [0.05, 0.1) is 26.2 Å². The van der Waals surface area contributed by atoms with Crippen LogP contribution >= 0.6 is 0 Å². The number of nitrogens with zero attached hydrogens (tertiary/aromatic N) is 4. The van der Waals surface area contributed by atoms with Crippen molar-refractivity contribution in [3.8, 4) is 11.8 Å². The van der Waals surface area contributed by atoms with Crippen LogP contribution in [0.3, 0.4) is 0 Å². The normalized spacial score (nSPS) is 11.3. The summed E-state index contributed by atoms with van der Waals surface area (Å²) in [6.07, 6.45) is 3.77. The molecule has 0 bridgehead atoms. The number of fused-ring (bicyclic) bond motifs is 1. The van der Waals surface area contributed by atoms with Crippen LogP contribution in [-0.4, -0.2) is 62.3 Å². The number of hydrogen-bond acceptors (Lipinski definition) is 8. The van der Waals surface area contributed by atoms with Gasteiger partial charge in [-0.05, 0) is 61.7 Å². The van der Waals surface area contributed by atoms with E-state index in [1.165, 1.54) is 4.57 Å². The van der Waals surface area contributed by atoms with Gasteiger partial charge in [0.15, 0.2) is 11.5 Å². The van der Waals surface area contributed by atoms with E-state index in [4.69, 9.17) is 20.3 Å². The summed E-state index contributed by atoms with van der Waals surface area (Å²) in [5.41, 5.74) is 9.38. The fraction of sp³-hybridized carbons (Fsp3) is 0.400. The number of benzene rings is 2. The number of hydrogen-bond donors (Lipinski definition) is 3. The lowest BCUT2D eigenvalue weighted by atomic mass is 10.1. The Labute approximate surface area is 238 Å². The molecule has 0 aliphatic rings. The van der Waals surface area contributed by atoms with Crippen molar-refractivity contribution in [3.63, 3.8) is 0 Å². The van der Waals surface area contributed by atoms with E-state index in [1.54, 1.807) is 0 Å². The monoisotopic (exact) mass is 562 g/mol. The number of rotatable bonds is 16. The van der Waals surface area contributed by atoms with Crippen LogP contribution in [0.25, 0.3) is 11.2 Å². The van der Waals surface area contributed by atoms with Gasteiger partial charge in [0.25, 0.3) is 0 Å². The van der Waals surface area contributed by atoms with Crippen LogP contribution in [0.15, 0.2) is 53.3 Å². The third-order valence-electron chi connectivity index (χ3n) is 6.63. The maximum Gasteiger partial charge on any atom is 0.328 e. The first-order valence-electron chi connectivity index (χ1n) is 13.9. The number of aromatic nitrogens is 4. The SMILES string of the molecule is CCCCOc1nc(N)c2[nH]c(=O)n(Cc3ccc(OCCCCN(C)Cc4cccc(CC(=O)O)c4)cc3)c2n1. The van der Waals surface area contributed by atoms with Gasteiger partial charge in [-0.15, -0.1) is 0 Å². The van der Waals surface area contributed by atoms with Crippen LogP contribution in [0.1, 0.15) is 49.3 Å². The topological polar surface area (TPSA) is 149 Å². The highest BCUT2D eigenvalue weighted by Crippen LogP contribution is 2.20. The molecule has 0 amide bonds. The minimum Gasteiger partial charge on any atom is -0.494 e. The fourth-order valence-corrected chi connectivity index (χ4v) is 4.50. The van der Waals surface area contributed by atoms with E-state index in [-0.39, 0.29) is 23.9 Å². The predicted molar refractivity (Wildman–Crippen MR) is 157 cm³/mol. The maximum atomic E-state index is 12.6. The number of nitrogens with two attached hydrogens (primary N) is 1. The average Bonchev–Trinajstić information content (AvgIpc) is 3.24. The molecular formula is C30H38N6O5. The number of carboxylic acid groups (broad SMARTS) is 1. The lowest BCUT2D eigenvalue weighted by molar-refractivity contribution is -0.136. The number of nitrogens with one attached hydrogen (secondary N) is 1. The second kappa shape index (κ2) is 14.3. The minimum atomic E-state index is -0.822. The Morgan fingerprint density at radius 3 is 2.54 bits per heavy atom. The van der Waals surface area contributed by atoms with Crippen molar-refractivity contribution >= 4 is 23.0 Å². The molecule has 0 atom stereocenters. The average molecular weight is 563 g/mol. The molecule has 2 heterocycles. The summed E-state index contributed by atoms with van der Waals surface area (Å²) in [6.45, 7) is 5.14. The zero-order valence-electron chi connectivity index (χ0n) is 23.6. The van der Waals surface area contributed by atoms with Crippen LogP contribution in [0.4, 0.5) is 5.82 Å². The molecule has 11 heteroatoms. The summed E-state index contributed by atoms with van der Waals surface area (Å²) in [6, 6.07) is 15.5. The Balaban J connectivity index is 1.24. The first-order chi connectivity index (χ1) is 19.8. The van der Waals surface area contributed by atoms with Crippen molar-refractivity contribution in [1.82, 2.24) is 24.4 Å². The van der Waals surface area contributed by atoms with Crippen molar-refractivity contribution in [2.24, 2.45) is 0 Å². The smallest absolute Gasteiger partial charge is 0.328 e. The maximum absolute atomic E-state index is 12.6. The van der Waals surface area contributed by atoms with E-state index >= 15 is 0 Å². The third-order valence-corrected chi connectivity index (χ3v) is 6.63. The lowest BCUT2D eigenvalue weighted by Crippen LogP contribution is -2.19. The van der Waals surface area contributed by atoms with E-state index in [1.807, 2.05) is 48.5 Å². The minimum absolute atomic E-state index is 0.0386. The van der Waals surface area contributed by atoms with Crippen molar-refractivity contribution < 1.29 is 19.4 Å². The number of anilines is 1. The van der Waals surface area contributed by atoms with E-state index in [9.17, 15) is 9.59 Å². The van der Waals surface area contributed by atoms with E-state index in [0.717, 1.165) is 61.2 Å². The fourth-order valence-electron chi connectivity index (χ4n) is 4.50. The van der Waals surface area contributed by atoms with Crippen LogP contribution in [-0.2, 0) is 24.3 Å². The molecule has 0 saturated carbocycles. The Morgan fingerprint density at radius 2 is 1.78 bits per heavy atom. The molecule has 0 spiro atoms. The molecule has 0 fully saturated rings. The first-order valence-corrected chi connectivity index (χ1v) is 13.9. The van der Waals surface area contributed by atoms with Crippen LogP contribution < -0.4 is 20.9 Å². The Kier molecular flexibility index (Phi) is 10.3. The Hall–Kier alpha value is -4.38. The van der Waals surface area contributed by atoms with Gasteiger partial charge in [-0.25, -0.2) is 4.79 Å². The summed E-state index contributed by atoms with van der Waals surface area (Å²) in [5.74, 6) is 0.122. The molecule has 41 heavy (non-hydrogen) atoms. The molecule has 0 aliphatic carbocycles. The number of aromatic amines is 1. The van der Waals surface area contributed by atoms with Crippen LogP contribution in [0.2, 0.25) is 0 Å². The van der Waals surface area contributed by atoms with Gasteiger partial charge in [-0.3, -0.25) is 9.36 Å². The van der Waals surface area contributed by atoms with Gasteiger partial charge in [0, 0.05) is 6.54 Å². The first kappa shape index (κ1) is 29.6. The van der Waals surface area contributed by atoms with Gasteiger partial charge in [0.2, 0.25) is 0 Å². The zero-order chi connectivity index (χ0) is 29.2. The molecule has 0 radical (unpaired) electrons. The van der Waals surface area contributed by atoms with Crippen molar-refractivity contribution in [3.05, 3.63) is 75.7 Å². The molecule has 218 valence electrons. The summed E-state index contributed by atoms with van der Waals surface area (Å²) in [4.78, 5) is 37.1. The number of ether oxygens (including phenoxy) is 2. The highest BCUT2D eigenvalue weighted by molar-refractivity contribution is 5.82. The van der Waals surface area contributed by atoms with Gasteiger partial charge in [-0.1, -0.05) is 49.7 Å². The lowest BCUT2D eigenvalue weighted by Gasteiger charge is -2.17. The standard InChI is InChI=1S/C30H38N6O5/c1-3-4-15-41-29-33-27(31)26-28(34-29)36(30(39)32-26)20-21-10-12-24(13-11-21)40-16-6-5-14-35(2)19-23-9-7-8-22(17-23)18-25(37)38/h7-13,17H,3-6,14-16,18-20H2,1-2H3,(H,32,39)(H,37,38)(H2,31,33,34). The third kappa shape index (κ3) is 8.55. The number of carbonyl (C=O) groups is 1. The second-order valence-corrected chi connectivity index (χ2v) is 10.1. The molecule has 0 unspecified atom stereocenters. The quantitative estimate of drug-likeness (QED) is 0.173. The molecule has 11 nitrogen and oxygen atoms in total. The highest BCUT2D eigenvalue weighted by Gasteiger charge is 2.15. The molecule has 2 aromatic heterocycles. The number of imidazole rings is 1. The summed E-state index contributed by atoms with van der Waals surface area (Å²) < 4.78 is 13.0. The molecule has 2 aromatic carbocycles. The van der Waals surface area contributed by atoms with Crippen molar-refractivity contribution in [2.45, 2.75) is 52.1 Å². The van der Waals surface area contributed by atoms with Crippen LogP contribution in [0, 0.1) is 0 Å². The zero-order valence-corrected chi connectivity index (χ0v) is 23.6. The van der Waals surface area contributed by atoms with Crippen LogP contribution in [0.5, 0.6) is 11.8 Å². The number of carboxylic acids is 1. The number of nitrogen functional groups attached to an aromatic ring is 1. The summed E-state index contributed by atoms with van der Waals surface area (Å²) >= 11 is 0. The van der Waals surface area contributed by atoms with Gasteiger partial charge >= 0.3 is 17.7 Å². The molecule has 4 rings (SSSR count). The molecule has 0 saturated heterocycles. The molecule has 4 N–H and O–H groups in total. The summed E-state index contributed by atoms with van der Waals surface area (Å²) in [5, 5.41) is 9.00. The highest BCUT2D eigenvalue weighted by atomic mass is 16.5. The van der Waals surface area contributed by atoms with E-state index in [2.05, 4.69) is 33.8 Å². The Morgan fingerprint density at radius 1 is 1.02 bits per heavy atom.